The maximum atomic E-state index is 6.56. The molecule has 0 fully saturated rings. The highest BCUT2D eigenvalue weighted by Crippen LogP contribution is 2.42. The summed E-state index contributed by atoms with van der Waals surface area (Å²) < 4.78 is 13.0. The fourth-order valence-electron chi connectivity index (χ4n) is 6.93. The number of rotatable bonds is 5. The minimum atomic E-state index is 0.560. The number of furan rings is 2. The molecule has 0 atom stereocenters. The van der Waals surface area contributed by atoms with Crippen molar-refractivity contribution >= 4 is 43.9 Å². The zero-order chi connectivity index (χ0) is 33.0. The molecule has 0 unspecified atom stereocenters. The van der Waals surface area contributed by atoms with Crippen molar-refractivity contribution < 1.29 is 8.83 Å². The molecule has 3 heterocycles. The number of benzene rings is 7. The molecule has 5 nitrogen and oxygen atoms in total. The van der Waals surface area contributed by atoms with Gasteiger partial charge in [0.25, 0.3) is 0 Å². The van der Waals surface area contributed by atoms with Crippen LogP contribution < -0.4 is 0 Å². The van der Waals surface area contributed by atoms with Gasteiger partial charge < -0.3 is 8.83 Å². The van der Waals surface area contributed by atoms with E-state index in [9.17, 15) is 0 Å². The van der Waals surface area contributed by atoms with Crippen molar-refractivity contribution in [3.63, 3.8) is 0 Å². The highest BCUT2D eigenvalue weighted by atomic mass is 16.3. The van der Waals surface area contributed by atoms with Crippen LogP contribution in [0.5, 0.6) is 0 Å². The van der Waals surface area contributed by atoms with Crippen molar-refractivity contribution in [2.24, 2.45) is 0 Å². The number of hydrogen-bond donors (Lipinski definition) is 0. The maximum absolute atomic E-state index is 6.56. The Hall–Kier alpha value is -6.85. The fourth-order valence-corrected chi connectivity index (χ4v) is 6.93. The lowest BCUT2D eigenvalue weighted by Crippen LogP contribution is -2.01. The molecule has 0 spiro atoms. The van der Waals surface area contributed by atoms with Gasteiger partial charge in [-0.3, -0.25) is 0 Å². The van der Waals surface area contributed by atoms with Crippen LogP contribution in [0, 0.1) is 0 Å². The molecule has 0 radical (unpaired) electrons. The smallest absolute Gasteiger partial charge is 0.164 e. The van der Waals surface area contributed by atoms with Gasteiger partial charge in [-0.2, -0.15) is 0 Å². The molecule has 0 bridgehead atoms. The fraction of sp³-hybridized carbons (Fsp3) is 0. The zero-order valence-electron chi connectivity index (χ0n) is 26.7. The van der Waals surface area contributed by atoms with E-state index >= 15 is 0 Å². The van der Waals surface area contributed by atoms with Gasteiger partial charge in [-0.25, -0.2) is 15.0 Å². The Balaban J connectivity index is 1.18. The van der Waals surface area contributed by atoms with E-state index in [2.05, 4.69) is 84.9 Å². The average Bonchev–Trinajstić information content (AvgIpc) is 3.76. The summed E-state index contributed by atoms with van der Waals surface area (Å²) in [6, 6.07) is 55.6. The lowest BCUT2D eigenvalue weighted by molar-refractivity contribution is 0.669. The number of para-hydroxylation sites is 1. The Kier molecular flexibility index (Phi) is 6.42. The number of aromatic nitrogens is 3. The van der Waals surface area contributed by atoms with Gasteiger partial charge >= 0.3 is 0 Å². The Morgan fingerprint density at radius 1 is 0.320 bits per heavy atom. The van der Waals surface area contributed by atoms with Crippen LogP contribution in [0.4, 0.5) is 0 Å². The molecule has 50 heavy (non-hydrogen) atoms. The third-order valence-corrected chi connectivity index (χ3v) is 9.36. The van der Waals surface area contributed by atoms with Crippen LogP contribution in [-0.4, -0.2) is 15.0 Å². The van der Waals surface area contributed by atoms with E-state index in [0.717, 1.165) is 82.8 Å². The summed E-state index contributed by atoms with van der Waals surface area (Å²) in [6.45, 7) is 0. The van der Waals surface area contributed by atoms with E-state index in [-0.39, 0.29) is 0 Å². The second-order valence-corrected chi connectivity index (χ2v) is 12.4. The predicted octanol–water partition coefficient (Wildman–Crippen LogP) is 12.0. The summed E-state index contributed by atoms with van der Waals surface area (Å²) in [5, 5.41) is 4.23. The molecule has 7 aromatic carbocycles. The van der Waals surface area contributed by atoms with E-state index in [4.69, 9.17) is 23.8 Å². The van der Waals surface area contributed by atoms with Crippen molar-refractivity contribution in [1.82, 2.24) is 15.0 Å². The van der Waals surface area contributed by atoms with Crippen LogP contribution in [0.15, 0.2) is 173 Å². The third kappa shape index (κ3) is 4.67. The zero-order valence-corrected chi connectivity index (χ0v) is 26.7. The van der Waals surface area contributed by atoms with Gasteiger partial charge in [0, 0.05) is 43.8 Å². The minimum absolute atomic E-state index is 0.560. The monoisotopic (exact) mass is 641 g/mol. The van der Waals surface area contributed by atoms with E-state index in [1.54, 1.807) is 0 Å². The van der Waals surface area contributed by atoms with Gasteiger partial charge in [0.2, 0.25) is 0 Å². The lowest BCUT2D eigenvalue weighted by Gasteiger charge is -2.12. The van der Waals surface area contributed by atoms with Crippen molar-refractivity contribution in [2.75, 3.05) is 0 Å². The molecule has 0 saturated heterocycles. The molecule has 5 heteroatoms. The second kappa shape index (κ2) is 11.4. The van der Waals surface area contributed by atoms with Crippen molar-refractivity contribution in [1.29, 1.82) is 0 Å². The number of fused-ring (bicyclic) bond motifs is 6. The van der Waals surface area contributed by atoms with Gasteiger partial charge in [-0.1, -0.05) is 121 Å². The highest BCUT2D eigenvalue weighted by Gasteiger charge is 2.21. The summed E-state index contributed by atoms with van der Waals surface area (Å²) in [6.07, 6.45) is 0. The van der Waals surface area contributed by atoms with Crippen LogP contribution >= 0.6 is 0 Å². The maximum Gasteiger partial charge on any atom is 0.164 e. The molecule has 3 aromatic heterocycles. The SMILES string of the molecule is c1ccc(-c2ccc3c(c2)oc2cc(-c4nc(-c5ccccc5)nc(-c5ccc6c(oc7ccccc76)c5-c5ccccc5)n4)ccc23)cc1. The first-order valence-electron chi connectivity index (χ1n) is 16.6. The molecule has 0 N–H and O–H groups in total. The first-order chi connectivity index (χ1) is 24.8. The molecule has 0 aliphatic carbocycles. The molecular weight excluding hydrogens is 615 g/mol. The predicted molar refractivity (Wildman–Crippen MR) is 202 cm³/mol. The molecular formula is C45H27N3O2. The second-order valence-electron chi connectivity index (χ2n) is 12.4. The standard InChI is InChI=1S/C45H27N3O2/c1-4-12-28(13-5-1)31-20-22-34-35-23-21-32(27-40(35)49-39(34)26-31)44-46-43(30-16-8-3-9-17-30)47-45(48-44)37-25-24-36-33-18-10-11-19-38(33)50-42(36)41(37)29-14-6-2-7-15-29/h1-27H. The molecule has 0 saturated carbocycles. The normalized spacial score (nSPS) is 11.6. The van der Waals surface area contributed by atoms with Crippen LogP contribution in [0.25, 0.3) is 100 Å². The molecule has 0 amide bonds. The molecule has 234 valence electrons. The van der Waals surface area contributed by atoms with E-state index in [1.165, 1.54) is 0 Å². The molecule has 10 aromatic rings. The Morgan fingerprint density at radius 3 is 1.56 bits per heavy atom. The van der Waals surface area contributed by atoms with E-state index in [0.29, 0.717) is 17.5 Å². The van der Waals surface area contributed by atoms with Gasteiger partial charge in [0.1, 0.15) is 22.3 Å². The van der Waals surface area contributed by atoms with Gasteiger partial charge in [0.15, 0.2) is 17.5 Å². The lowest BCUT2D eigenvalue weighted by atomic mass is 9.96. The summed E-state index contributed by atoms with van der Waals surface area (Å²) in [5.41, 5.74) is 10.1. The van der Waals surface area contributed by atoms with Crippen molar-refractivity contribution in [2.45, 2.75) is 0 Å². The van der Waals surface area contributed by atoms with E-state index < -0.39 is 0 Å². The minimum Gasteiger partial charge on any atom is -0.456 e. The highest BCUT2D eigenvalue weighted by molar-refractivity contribution is 6.12. The Bertz CT molecular complexity index is 2860. The largest absolute Gasteiger partial charge is 0.456 e. The number of hydrogen-bond acceptors (Lipinski definition) is 5. The van der Waals surface area contributed by atoms with Gasteiger partial charge in [-0.05, 0) is 59.2 Å². The summed E-state index contributed by atoms with van der Waals surface area (Å²) in [7, 11) is 0. The Labute approximate surface area is 287 Å². The van der Waals surface area contributed by atoms with Crippen LogP contribution in [0.3, 0.4) is 0 Å². The quantitative estimate of drug-likeness (QED) is 0.187. The molecule has 0 aliphatic heterocycles. The van der Waals surface area contributed by atoms with Crippen LogP contribution in [0.1, 0.15) is 0 Å². The van der Waals surface area contributed by atoms with E-state index in [1.807, 2.05) is 78.9 Å². The van der Waals surface area contributed by atoms with Gasteiger partial charge in [0.05, 0.1) is 0 Å². The first kappa shape index (κ1) is 28.2. The van der Waals surface area contributed by atoms with Crippen molar-refractivity contribution in [3.8, 4) is 56.4 Å². The number of nitrogens with zero attached hydrogens (tertiary/aromatic N) is 3. The van der Waals surface area contributed by atoms with Gasteiger partial charge in [-0.15, -0.1) is 0 Å². The molecule has 0 aliphatic rings. The summed E-state index contributed by atoms with van der Waals surface area (Å²) >= 11 is 0. The summed E-state index contributed by atoms with van der Waals surface area (Å²) in [5.74, 6) is 1.71. The average molecular weight is 642 g/mol. The van der Waals surface area contributed by atoms with Crippen LogP contribution in [-0.2, 0) is 0 Å². The topological polar surface area (TPSA) is 65.0 Å². The first-order valence-corrected chi connectivity index (χ1v) is 16.6. The third-order valence-electron chi connectivity index (χ3n) is 9.36. The van der Waals surface area contributed by atoms with Crippen molar-refractivity contribution in [3.05, 3.63) is 164 Å². The summed E-state index contributed by atoms with van der Waals surface area (Å²) in [4.78, 5) is 15.3. The van der Waals surface area contributed by atoms with Crippen LogP contribution in [0.2, 0.25) is 0 Å². The molecule has 10 rings (SSSR count). The Morgan fingerprint density at radius 2 is 0.840 bits per heavy atom.